The molecule has 1 aliphatic heterocycles. The van der Waals surface area contributed by atoms with Gasteiger partial charge in [-0.2, -0.15) is 13.2 Å². The van der Waals surface area contributed by atoms with Gasteiger partial charge in [0, 0.05) is 37.4 Å². The highest BCUT2D eigenvalue weighted by Gasteiger charge is 2.31. The predicted molar refractivity (Wildman–Crippen MR) is 103 cm³/mol. The average molecular weight is 433 g/mol. The molecule has 9 heteroatoms. The van der Waals surface area contributed by atoms with E-state index in [1.807, 2.05) is 4.90 Å². The fourth-order valence-corrected chi connectivity index (χ4v) is 3.75. The van der Waals surface area contributed by atoms with E-state index < -0.39 is 11.7 Å². The number of rotatable bonds is 3. The van der Waals surface area contributed by atoms with E-state index in [1.54, 1.807) is 11.0 Å². The first-order chi connectivity index (χ1) is 13.2. The minimum atomic E-state index is -4.39. The van der Waals surface area contributed by atoms with Crippen LogP contribution >= 0.6 is 23.2 Å². The summed E-state index contributed by atoms with van der Waals surface area (Å²) < 4.78 is 43.8. The van der Waals surface area contributed by atoms with Crippen molar-refractivity contribution >= 4 is 34.8 Å². The molecule has 1 saturated heterocycles. The summed E-state index contributed by atoms with van der Waals surface area (Å²) >= 11 is 12.2. The van der Waals surface area contributed by atoms with Gasteiger partial charge in [-0.25, -0.2) is 0 Å². The first-order valence-electron chi connectivity index (χ1n) is 8.45. The van der Waals surface area contributed by atoms with Gasteiger partial charge in [0.25, 0.3) is 5.91 Å². The highest BCUT2D eigenvalue weighted by molar-refractivity contribution is 6.37. The van der Waals surface area contributed by atoms with Crippen LogP contribution in [-0.4, -0.2) is 44.1 Å². The van der Waals surface area contributed by atoms with Crippen LogP contribution in [0.1, 0.15) is 15.9 Å². The molecule has 0 saturated carbocycles. The lowest BCUT2D eigenvalue weighted by molar-refractivity contribution is -0.137. The number of halogens is 5. The van der Waals surface area contributed by atoms with Crippen LogP contribution in [-0.2, 0) is 6.18 Å². The number of carbonyl (C=O) groups excluding carboxylic acids is 1. The molecule has 0 spiro atoms. The molecule has 0 unspecified atom stereocenters. The summed E-state index contributed by atoms with van der Waals surface area (Å²) in [7, 11) is 1.43. The largest absolute Gasteiger partial charge is 0.494 e. The molecule has 1 heterocycles. The molecule has 0 aromatic heterocycles. The molecule has 28 heavy (non-hydrogen) atoms. The van der Waals surface area contributed by atoms with Crippen molar-refractivity contribution < 1.29 is 22.7 Å². The molecule has 2 aromatic carbocycles. The van der Waals surface area contributed by atoms with Crippen LogP contribution in [0, 0.1) is 0 Å². The number of alkyl halides is 3. The summed E-state index contributed by atoms with van der Waals surface area (Å²) in [5, 5.41) is 0.474. The van der Waals surface area contributed by atoms with Crippen molar-refractivity contribution in [2.75, 3.05) is 38.2 Å². The van der Waals surface area contributed by atoms with E-state index >= 15 is 0 Å². The Morgan fingerprint density at radius 3 is 2.18 bits per heavy atom. The Bertz CT molecular complexity index is 859. The number of hydrogen-bond donors (Lipinski definition) is 0. The molecule has 3 rings (SSSR count). The van der Waals surface area contributed by atoms with Crippen LogP contribution in [0.4, 0.5) is 18.9 Å². The Balaban J connectivity index is 1.70. The van der Waals surface area contributed by atoms with Gasteiger partial charge in [-0.3, -0.25) is 4.79 Å². The van der Waals surface area contributed by atoms with Gasteiger partial charge in [-0.1, -0.05) is 29.3 Å². The molecule has 2 aromatic rings. The van der Waals surface area contributed by atoms with Crippen molar-refractivity contribution in [3.8, 4) is 5.75 Å². The first-order valence-corrected chi connectivity index (χ1v) is 9.21. The molecule has 0 radical (unpaired) electrons. The van der Waals surface area contributed by atoms with Crippen LogP contribution in [0.25, 0.3) is 0 Å². The number of piperazine rings is 1. The summed E-state index contributed by atoms with van der Waals surface area (Å²) in [6.07, 6.45) is -4.39. The number of methoxy groups -OCH3 is 1. The summed E-state index contributed by atoms with van der Waals surface area (Å²) in [4.78, 5) is 16.2. The Hall–Kier alpha value is -2.12. The summed E-state index contributed by atoms with van der Waals surface area (Å²) in [5.74, 6) is 0.0596. The maximum Gasteiger partial charge on any atom is 0.416 e. The third kappa shape index (κ3) is 4.31. The highest BCUT2D eigenvalue weighted by atomic mass is 35.5. The minimum Gasteiger partial charge on any atom is -0.494 e. The minimum absolute atomic E-state index is 0.237. The molecule has 0 atom stereocenters. The Morgan fingerprint density at radius 1 is 1.04 bits per heavy atom. The molecular weight excluding hydrogens is 416 g/mol. The Labute approximate surface area is 170 Å². The van der Waals surface area contributed by atoms with E-state index in [1.165, 1.54) is 25.3 Å². The molecule has 1 amide bonds. The van der Waals surface area contributed by atoms with Gasteiger partial charge in [0.2, 0.25) is 0 Å². The van der Waals surface area contributed by atoms with Crippen molar-refractivity contribution in [3.63, 3.8) is 0 Å². The van der Waals surface area contributed by atoms with Crippen molar-refractivity contribution in [1.82, 2.24) is 4.90 Å². The number of ether oxygens (including phenoxy) is 1. The lowest BCUT2D eigenvalue weighted by Gasteiger charge is -2.36. The number of carbonyl (C=O) groups is 1. The van der Waals surface area contributed by atoms with E-state index in [0.717, 1.165) is 12.1 Å². The number of anilines is 1. The van der Waals surface area contributed by atoms with Gasteiger partial charge < -0.3 is 14.5 Å². The predicted octanol–water partition coefficient (Wildman–Crippen LogP) is 4.98. The van der Waals surface area contributed by atoms with Crippen LogP contribution in [0.15, 0.2) is 36.4 Å². The van der Waals surface area contributed by atoms with Gasteiger partial charge in [-0.05, 0) is 30.3 Å². The molecule has 0 N–H and O–H groups in total. The fourth-order valence-electron chi connectivity index (χ4n) is 3.11. The topological polar surface area (TPSA) is 32.8 Å². The molecule has 4 nitrogen and oxygen atoms in total. The van der Waals surface area contributed by atoms with Gasteiger partial charge >= 0.3 is 6.18 Å². The number of amides is 1. The second kappa shape index (κ2) is 8.09. The van der Waals surface area contributed by atoms with E-state index in [0.29, 0.717) is 43.2 Å². The van der Waals surface area contributed by atoms with Crippen molar-refractivity contribution in [2.24, 2.45) is 0 Å². The Kier molecular flexibility index (Phi) is 5.95. The second-order valence-electron chi connectivity index (χ2n) is 6.30. The third-order valence-electron chi connectivity index (χ3n) is 4.55. The van der Waals surface area contributed by atoms with Crippen molar-refractivity contribution in [3.05, 3.63) is 57.6 Å². The van der Waals surface area contributed by atoms with Gasteiger partial charge in [-0.15, -0.1) is 0 Å². The zero-order chi connectivity index (χ0) is 20.5. The van der Waals surface area contributed by atoms with Crippen LogP contribution < -0.4 is 9.64 Å². The highest BCUT2D eigenvalue weighted by Crippen LogP contribution is 2.35. The maximum absolute atomic E-state index is 12.9. The number of benzene rings is 2. The van der Waals surface area contributed by atoms with Crippen LogP contribution in [0.3, 0.4) is 0 Å². The lowest BCUT2D eigenvalue weighted by atomic mass is 10.1. The zero-order valence-corrected chi connectivity index (χ0v) is 16.4. The average Bonchev–Trinajstić information content (AvgIpc) is 2.67. The fraction of sp³-hybridized carbons (Fsp3) is 0.316. The molecule has 150 valence electrons. The van der Waals surface area contributed by atoms with E-state index in [2.05, 4.69) is 0 Å². The molecule has 0 bridgehead atoms. The van der Waals surface area contributed by atoms with Crippen LogP contribution in [0.2, 0.25) is 10.0 Å². The quantitative estimate of drug-likeness (QED) is 0.685. The zero-order valence-electron chi connectivity index (χ0n) is 14.9. The van der Waals surface area contributed by atoms with E-state index in [9.17, 15) is 18.0 Å². The van der Waals surface area contributed by atoms with Crippen molar-refractivity contribution in [2.45, 2.75) is 6.18 Å². The number of hydrogen-bond acceptors (Lipinski definition) is 3. The summed E-state index contributed by atoms with van der Waals surface area (Å²) in [5.41, 5.74) is 0.131. The SMILES string of the molecule is COc1c(Cl)cc(C(=O)N2CCN(c3cccc(C(F)(F)F)c3)CC2)cc1Cl. The van der Waals surface area contributed by atoms with Gasteiger partial charge in [0.1, 0.15) is 0 Å². The normalized spacial score (nSPS) is 14.9. The molecular formula is C19H17Cl2F3N2O2. The third-order valence-corrected chi connectivity index (χ3v) is 5.12. The standard InChI is InChI=1S/C19H17Cl2F3N2O2/c1-28-17-15(20)9-12(10-16(17)21)18(27)26-7-5-25(6-8-26)14-4-2-3-13(11-14)19(22,23)24/h2-4,9-11H,5-8H2,1H3. The second-order valence-corrected chi connectivity index (χ2v) is 7.11. The van der Waals surface area contributed by atoms with Gasteiger partial charge in [0.05, 0.1) is 22.7 Å². The van der Waals surface area contributed by atoms with Crippen LogP contribution in [0.5, 0.6) is 5.75 Å². The van der Waals surface area contributed by atoms with E-state index in [4.69, 9.17) is 27.9 Å². The van der Waals surface area contributed by atoms with E-state index in [-0.39, 0.29) is 16.0 Å². The van der Waals surface area contributed by atoms with Gasteiger partial charge in [0.15, 0.2) is 5.75 Å². The molecule has 1 aliphatic rings. The first kappa shape index (κ1) is 20.6. The summed E-state index contributed by atoms with van der Waals surface area (Å²) in [6, 6.07) is 8.18. The smallest absolute Gasteiger partial charge is 0.416 e. The molecule has 0 aliphatic carbocycles. The van der Waals surface area contributed by atoms with Crippen molar-refractivity contribution in [1.29, 1.82) is 0 Å². The summed E-state index contributed by atoms with van der Waals surface area (Å²) in [6.45, 7) is 1.59. The Morgan fingerprint density at radius 2 is 1.64 bits per heavy atom. The lowest BCUT2D eigenvalue weighted by Crippen LogP contribution is -2.48. The molecule has 1 fully saturated rings. The maximum atomic E-state index is 12.9. The monoisotopic (exact) mass is 432 g/mol. The number of nitrogens with zero attached hydrogens (tertiary/aromatic N) is 2.